The number of amides is 1. The second-order valence-electron chi connectivity index (χ2n) is 5.00. The topological polar surface area (TPSA) is 67.2 Å². The number of rotatable bonds is 4. The lowest BCUT2D eigenvalue weighted by atomic mass is 10.1. The van der Waals surface area contributed by atoms with Gasteiger partial charge in [0.1, 0.15) is 5.82 Å². The molecule has 0 aliphatic rings. The van der Waals surface area contributed by atoms with Gasteiger partial charge in [0.25, 0.3) is 5.91 Å². The Morgan fingerprint density at radius 3 is 2.76 bits per heavy atom. The van der Waals surface area contributed by atoms with E-state index < -0.39 is 5.82 Å². The van der Waals surface area contributed by atoms with Crippen molar-refractivity contribution in [3.63, 3.8) is 0 Å². The minimum atomic E-state index is -0.588. The average molecular weight is 291 g/mol. The summed E-state index contributed by atoms with van der Waals surface area (Å²) in [6.07, 6.45) is 1.84. The third-order valence-corrected chi connectivity index (χ3v) is 3.35. The first-order chi connectivity index (χ1) is 9.92. The lowest BCUT2D eigenvalue weighted by Gasteiger charge is -2.13. The number of benzene rings is 1. The van der Waals surface area contributed by atoms with Crippen molar-refractivity contribution in [2.24, 2.45) is 7.05 Å². The van der Waals surface area contributed by atoms with E-state index in [4.69, 9.17) is 5.11 Å². The van der Waals surface area contributed by atoms with E-state index >= 15 is 0 Å². The van der Waals surface area contributed by atoms with Gasteiger partial charge in [0, 0.05) is 29.9 Å². The molecule has 0 aliphatic carbocycles. The highest BCUT2D eigenvalue weighted by Crippen LogP contribution is 2.17. The van der Waals surface area contributed by atoms with Crippen LogP contribution in [-0.2, 0) is 13.7 Å². The van der Waals surface area contributed by atoms with Gasteiger partial charge < -0.3 is 10.4 Å². The van der Waals surface area contributed by atoms with E-state index in [-0.39, 0.29) is 29.7 Å². The molecule has 2 aromatic rings. The molecule has 1 heterocycles. The van der Waals surface area contributed by atoms with E-state index in [1.165, 1.54) is 12.1 Å². The van der Waals surface area contributed by atoms with Gasteiger partial charge in [-0.05, 0) is 26.0 Å². The third-order valence-electron chi connectivity index (χ3n) is 3.35. The van der Waals surface area contributed by atoms with Gasteiger partial charge in [0.2, 0.25) is 0 Å². The number of aromatic nitrogens is 2. The zero-order valence-electron chi connectivity index (χ0n) is 12.2. The summed E-state index contributed by atoms with van der Waals surface area (Å²) in [6, 6.07) is 3.80. The van der Waals surface area contributed by atoms with Gasteiger partial charge in [-0.3, -0.25) is 9.48 Å². The predicted octanol–water partition coefficient (Wildman–Crippen LogP) is 1.85. The summed E-state index contributed by atoms with van der Waals surface area (Å²) >= 11 is 0. The van der Waals surface area contributed by atoms with Gasteiger partial charge in [0.15, 0.2) is 0 Å². The molecule has 1 amide bonds. The number of aliphatic hydroxyl groups is 1. The standard InChI is InChI=1S/C15H18FN3O2/c1-9(13-7-19(3)18-10(13)2)17-15(21)11-4-5-12(8-20)14(16)6-11/h4-7,9,20H,8H2,1-3H3,(H,17,21)/t9-/m0/s1. The summed E-state index contributed by atoms with van der Waals surface area (Å²) in [5.41, 5.74) is 2.14. The van der Waals surface area contributed by atoms with Crippen LogP contribution in [0, 0.1) is 12.7 Å². The van der Waals surface area contributed by atoms with E-state index in [9.17, 15) is 9.18 Å². The van der Waals surface area contributed by atoms with Gasteiger partial charge in [-0.1, -0.05) is 6.07 Å². The summed E-state index contributed by atoms with van der Waals surface area (Å²) in [6.45, 7) is 3.33. The number of carbonyl (C=O) groups excluding carboxylic acids is 1. The Labute approximate surface area is 122 Å². The molecule has 0 unspecified atom stereocenters. The van der Waals surface area contributed by atoms with Crippen LogP contribution in [0.3, 0.4) is 0 Å². The fraction of sp³-hybridized carbons (Fsp3) is 0.333. The lowest BCUT2D eigenvalue weighted by Crippen LogP contribution is -2.27. The number of aliphatic hydroxyl groups excluding tert-OH is 1. The highest BCUT2D eigenvalue weighted by molar-refractivity contribution is 5.94. The monoisotopic (exact) mass is 291 g/mol. The van der Waals surface area contributed by atoms with Crippen molar-refractivity contribution in [1.29, 1.82) is 0 Å². The fourth-order valence-electron chi connectivity index (χ4n) is 2.22. The quantitative estimate of drug-likeness (QED) is 0.903. The minimum absolute atomic E-state index is 0.169. The third kappa shape index (κ3) is 3.28. The molecule has 2 rings (SSSR count). The van der Waals surface area contributed by atoms with Crippen molar-refractivity contribution in [3.05, 3.63) is 52.6 Å². The predicted molar refractivity (Wildman–Crippen MR) is 76.1 cm³/mol. The lowest BCUT2D eigenvalue weighted by molar-refractivity contribution is 0.0939. The average Bonchev–Trinajstić information content (AvgIpc) is 2.77. The smallest absolute Gasteiger partial charge is 0.251 e. The molecule has 1 aromatic heterocycles. The first-order valence-corrected chi connectivity index (χ1v) is 6.62. The van der Waals surface area contributed by atoms with Crippen LogP contribution in [0.4, 0.5) is 4.39 Å². The molecule has 0 aliphatic heterocycles. The van der Waals surface area contributed by atoms with E-state index in [0.29, 0.717) is 0 Å². The van der Waals surface area contributed by atoms with Gasteiger partial charge in [-0.2, -0.15) is 5.10 Å². The summed E-state index contributed by atoms with van der Waals surface area (Å²) in [5.74, 6) is -0.954. The molecular formula is C15H18FN3O2. The Balaban J connectivity index is 2.14. The normalized spacial score (nSPS) is 12.2. The first kappa shape index (κ1) is 15.2. The Morgan fingerprint density at radius 1 is 1.52 bits per heavy atom. The molecule has 2 N–H and O–H groups in total. The van der Waals surface area contributed by atoms with E-state index in [2.05, 4.69) is 10.4 Å². The molecule has 0 saturated carbocycles. The van der Waals surface area contributed by atoms with Crippen LogP contribution in [0.15, 0.2) is 24.4 Å². The molecule has 0 bridgehead atoms. The van der Waals surface area contributed by atoms with Gasteiger partial charge in [-0.25, -0.2) is 4.39 Å². The maximum absolute atomic E-state index is 13.6. The van der Waals surface area contributed by atoms with Crippen molar-refractivity contribution in [2.75, 3.05) is 0 Å². The van der Waals surface area contributed by atoms with E-state index in [1.807, 2.05) is 27.1 Å². The second kappa shape index (κ2) is 6.05. The van der Waals surface area contributed by atoms with Crippen molar-refractivity contribution in [1.82, 2.24) is 15.1 Å². The second-order valence-corrected chi connectivity index (χ2v) is 5.00. The number of hydrogen-bond acceptors (Lipinski definition) is 3. The maximum Gasteiger partial charge on any atom is 0.251 e. The molecule has 0 spiro atoms. The summed E-state index contributed by atoms with van der Waals surface area (Å²) < 4.78 is 15.3. The summed E-state index contributed by atoms with van der Waals surface area (Å²) in [7, 11) is 1.81. The van der Waals surface area contributed by atoms with Crippen molar-refractivity contribution in [3.8, 4) is 0 Å². The molecule has 6 heteroatoms. The van der Waals surface area contributed by atoms with Gasteiger partial charge in [0.05, 0.1) is 18.3 Å². The van der Waals surface area contributed by atoms with E-state index in [1.54, 1.807) is 4.68 Å². The molecule has 0 fully saturated rings. The molecular weight excluding hydrogens is 273 g/mol. The number of carbonyl (C=O) groups is 1. The van der Waals surface area contributed by atoms with Gasteiger partial charge in [-0.15, -0.1) is 0 Å². The maximum atomic E-state index is 13.6. The number of halogens is 1. The number of nitrogens with zero attached hydrogens (tertiary/aromatic N) is 2. The highest BCUT2D eigenvalue weighted by atomic mass is 19.1. The Bertz CT molecular complexity index is 667. The zero-order valence-corrected chi connectivity index (χ0v) is 12.2. The number of aryl methyl sites for hydroxylation is 2. The molecule has 5 nitrogen and oxygen atoms in total. The van der Waals surface area contributed by atoms with Crippen molar-refractivity contribution in [2.45, 2.75) is 26.5 Å². The SMILES string of the molecule is Cc1nn(C)cc1[C@H](C)NC(=O)c1ccc(CO)c(F)c1. The van der Waals surface area contributed by atoms with Crippen LogP contribution in [0.2, 0.25) is 0 Å². The van der Waals surface area contributed by atoms with Crippen LogP contribution in [-0.4, -0.2) is 20.8 Å². The molecule has 0 saturated heterocycles. The van der Waals surface area contributed by atoms with Gasteiger partial charge >= 0.3 is 0 Å². The summed E-state index contributed by atoms with van der Waals surface area (Å²) in [5, 5.41) is 16.0. The molecule has 1 atom stereocenters. The van der Waals surface area contributed by atoms with E-state index in [0.717, 1.165) is 17.3 Å². The van der Waals surface area contributed by atoms with Crippen LogP contribution < -0.4 is 5.32 Å². The summed E-state index contributed by atoms with van der Waals surface area (Å²) in [4.78, 5) is 12.1. The number of nitrogens with one attached hydrogen (secondary N) is 1. The molecule has 1 aromatic carbocycles. The van der Waals surface area contributed by atoms with Crippen molar-refractivity contribution < 1.29 is 14.3 Å². The Morgan fingerprint density at radius 2 is 2.24 bits per heavy atom. The van der Waals surface area contributed by atoms with Crippen LogP contribution in [0.25, 0.3) is 0 Å². The Kier molecular flexibility index (Phi) is 4.37. The fourth-order valence-corrected chi connectivity index (χ4v) is 2.22. The first-order valence-electron chi connectivity index (χ1n) is 6.62. The molecule has 21 heavy (non-hydrogen) atoms. The largest absolute Gasteiger partial charge is 0.392 e. The van der Waals surface area contributed by atoms with Crippen LogP contribution in [0.1, 0.15) is 40.1 Å². The van der Waals surface area contributed by atoms with Crippen LogP contribution >= 0.6 is 0 Å². The van der Waals surface area contributed by atoms with Crippen molar-refractivity contribution >= 4 is 5.91 Å². The molecule has 112 valence electrons. The minimum Gasteiger partial charge on any atom is -0.392 e. The number of hydrogen-bond donors (Lipinski definition) is 2. The highest BCUT2D eigenvalue weighted by Gasteiger charge is 2.16. The Hall–Kier alpha value is -2.21. The zero-order chi connectivity index (χ0) is 15.6. The molecule has 0 radical (unpaired) electrons. The van der Waals surface area contributed by atoms with Crippen LogP contribution in [0.5, 0.6) is 0 Å².